The fourth-order valence-electron chi connectivity index (χ4n) is 6.92. The van der Waals surface area contributed by atoms with Crippen LogP contribution in [-0.4, -0.2) is 19.9 Å². The molecule has 0 radical (unpaired) electrons. The third-order valence-electron chi connectivity index (χ3n) is 9.26. The van der Waals surface area contributed by atoms with E-state index in [2.05, 4.69) is 65.6 Å². The van der Waals surface area contributed by atoms with Crippen LogP contribution in [0.25, 0.3) is 100 Å². The molecule has 0 aliphatic heterocycles. The number of fused-ring (bicyclic) bond motifs is 6. The Balaban J connectivity index is 1.22. The number of furan rings is 2. The van der Waals surface area contributed by atoms with Crippen LogP contribution < -0.4 is 0 Å². The van der Waals surface area contributed by atoms with Gasteiger partial charge in [0.15, 0.2) is 17.5 Å². The van der Waals surface area contributed by atoms with E-state index in [9.17, 15) is 0 Å². The summed E-state index contributed by atoms with van der Waals surface area (Å²) in [7, 11) is 0. The second kappa shape index (κ2) is 11.4. The molecule has 234 valence electrons. The molecule has 0 spiro atoms. The molecule has 0 saturated heterocycles. The quantitative estimate of drug-likeness (QED) is 0.186. The zero-order valence-corrected chi connectivity index (χ0v) is 26.6. The van der Waals surface area contributed by atoms with Crippen molar-refractivity contribution in [3.63, 3.8) is 0 Å². The minimum atomic E-state index is 0.561. The van der Waals surface area contributed by atoms with Gasteiger partial charge in [0.2, 0.25) is 0 Å². The molecule has 4 heterocycles. The van der Waals surface area contributed by atoms with Gasteiger partial charge in [-0.3, -0.25) is 4.98 Å². The number of aromatic nitrogens is 4. The van der Waals surface area contributed by atoms with Crippen LogP contribution in [0.15, 0.2) is 167 Å². The number of rotatable bonds is 5. The molecule has 0 N–H and O–H groups in total. The number of hydrogen-bond acceptors (Lipinski definition) is 6. The minimum Gasteiger partial charge on any atom is -0.456 e. The summed E-state index contributed by atoms with van der Waals surface area (Å²) in [4.78, 5) is 19.7. The normalized spacial score (nSPS) is 11.6. The van der Waals surface area contributed by atoms with Gasteiger partial charge in [-0.2, -0.15) is 0 Å². The van der Waals surface area contributed by atoms with Gasteiger partial charge in [0.05, 0.1) is 0 Å². The van der Waals surface area contributed by atoms with Crippen LogP contribution in [0.3, 0.4) is 0 Å². The number of nitrogens with zero attached hydrogens (tertiary/aromatic N) is 4. The molecule has 0 aliphatic carbocycles. The minimum absolute atomic E-state index is 0.561. The highest BCUT2D eigenvalue weighted by Gasteiger charge is 2.22. The van der Waals surface area contributed by atoms with Crippen LogP contribution in [0, 0.1) is 0 Å². The molecule has 0 saturated carbocycles. The molecule has 10 rings (SSSR count). The average molecular weight is 643 g/mol. The monoisotopic (exact) mass is 642 g/mol. The highest BCUT2D eigenvalue weighted by molar-refractivity contribution is 6.16. The van der Waals surface area contributed by atoms with E-state index < -0.39 is 0 Å². The molecule has 4 aromatic heterocycles. The van der Waals surface area contributed by atoms with Crippen molar-refractivity contribution >= 4 is 43.9 Å². The van der Waals surface area contributed by atoms with Gasteiger partial charge in [0.25, 0.3) is 0 Å². The Morgan fingerprint density at radius 2 is 1.02 bits per heavy atom. The molecule has 0 bridgehead atoms. The molecule has 10 aromatic rings. The topological polar surface area (TPSA) is 77.8 Å². The van der Waals surface area contributed by atoms with Crippen LogP contribution >= 0.6 is 0 Å². The van der Waals surface area contributed by atoms with Crippen molar-refractivity contribution < 1.29 is 8.83 Å². The van der Waals surface area contributed by atoms with Gasteiger partial charge in [0, 0.05) is 61.8 Å². The molecular formula is C44H26N4O2. The highest BCUT2D eigenvalue weighted by atomic mass is 16.3. The third kappa shape index (κ3) is 4.58. The van der Waals surface area contributed by atoms with Crippen molar-refractivity contribution in [1.29, 1.82) is 0 Å². The predicted molar refractivity (Wildman–Crippen MR) is 199 cm³/mol. The number of hydrogen-bond donors (Lipinski definition) is 0. The molecule has 0 atom stereocenters. The summed E-state index contributed by atoms with van der Waals surface area (Å²) < 4.78 is 12.9. The Morgan fingerprint density at radius 3 is 1.84 bits per heavy atom. The molecule has 50 heavy (non-hydrogen) atoms. The summed E-state index contributed by atoms with van der Waals surface area (Å²) in [6.07, 6.45) is 3.64. The maximum Gasteiger partial charge on any atom is 0.164 e. The smallest absolute Gasteiger partial charge is 0.164 e. The maximum absolute atomic E-state index is 6.67. The largest absolute Gasteiger partial charge is 0.456 e. The Bertz CT molecular complexity index is 2880. The van der Waals surface area contributed by atoms with Gasteiger partial charge in [-0.1, -0.05) is 103 Å². The van der Waals surface area contributed by atoms with Crippen molar-refractivity contribution in [3.05, 3.63) is 158 Å². The van der Waals surface area contributed by atoms with E-state index in [1.165, 1.54) is 0 Å². The van der Waals surface area contributed by atoms with E-state index in [4.69, 9.17) is 23.8 Å². The zero-order chi connectivity index (χ0) is 33.0. The van der Waals surface area contributed by atoms with Crippen molar-refractivity contribution in [2.24, 2.45) is 0 Å². The highest BCUT2D eigenvalue weighted by Crippen LogP contribution is 2.43. The Morgan fingerprint density at radius 1 is 0.380 bits per heavy atom. The molecule has 6 nitrogen and oxygen atoms in total. The average Bonchev–Trinajstić information content (AvgIpc) is 3.77. The fourth-order valence-corrected chi connectivity index (χ4v) is 6.92. The summed E-state index contributed by atoms with van der Waals surface area (Å²) in [5.41, 5.74) is 9.85. The van der Waals surface area contributed by atoms with Gasteiger partial charge in [-0.15, -0.1) is 0 Å². The Hall–Kier alpha value is -6.92. The van der Waals surface area contributed by atoms with Crippen molar-refractivity contribution in [2.45, 2.75) is 0 Å². The van der Waals surface area contributed by atoms with Crippen LogP contribution in [0.1, 0.15) is 0 Å². The number of pyridine rings is 1. The summed E-state index contributed by atoms with van der Waals surface area (Å²) in [5, 5.41) is 4.12. The summed E-state index contributed by atoms with van der Waals surface area (Å²) >= 11 is 0. The lowest BCUT2D eigenvalue weighted by molar-refractivity contribution is 0.668. The first-order chi connectivity index (χ1) is 24.8. The molecule has 0 amide bonds. The van der Waals surface area contributed by atoms with Crippen LogP contribution in [0.4, 0.5) is 0 Å². The predicted octanol–water partition coefficient (Wildman–Crippen LogP) is 11.4. The van der Waals surface area contributed by atoms with E-state index in [1.807, 2.05) is 91.1 Å². The van der Waals surface area contributed by atoms with E-state index >= 15 is 0 Å². The van der Waals surface area contributed by atoms with E-state index in [0.29, 0.717) is 17.5 Å². The molecule has 6 heteroatoms. The van der Waals surface area contributed by atoms with Crippen molar-refractivity contribution in [3.8, 4) is 56.4 Å². The first-order valence-electron chi connectivity index (χ1n) is 16.5. The number of benzene rings is 6. The summed E-state index contributed by atoms with van der Waals surface area (Å²) in [5.74, 6) is 1.73. The molecule has 6 aromatic carbocycles. The third-order valence-corrected chi connectivity index (χ3v) is 9.26. The van der Waals surface area contributed by atoms with E-state index in [-0.39, 0.29) is 0 Å². The first kappa shape index (κ1) is 28.1. The fraction of sp³-hybridized carbons (Fsp3) is 0. The molecule has 0 aliphatic rings. The first-order valence-corrected chi connectivity index (χ1v) is 16.5. The standard InChI is InChI=1S/C44H26N4O2/c1-2-11-27(12-3-1)42-46-43(34-16-5-4-14-30(34)29-13-10-24-45-26-29)48-44(47-42)36-23-22-31(41-40(36)35-17-7-9-19-38(35)50-41)28-20-21-33-32-15-6-8-18-37(32)49-39(33)25-28/h1-26H. The van der Waals surface area contributed by atoms with E-state index in [0.717, 1.165) is 82.8 Å². The van der Waals surface area contributed by atoms with Gasteiger partial charge < -0.3 is 8.83 Å². The Kier molecular flexibility index (Phi) is 6.39. The molecule has 0 unspecified atom stereocenters. The second-order valence-electron chi connectivity index (χ2n) is 12.2. The SMILES string of the molecule is c1ccc(-c2nc(-c3ccccc3-c3cccnc3)nc(-c3ccc(-c4ccc5c(c4)oc4ccccc45)c4oc5ccccc5c34)n2)cc1. The molecular weight excluding hydrogens is 617 g/mol. The van der Waals surface area contributed by atoms with Gasteiger partial charge in [-0.25, -0.2) is 15.0 Å². The van der Waals surface area contributed by atoms with Crippen molar-refractivity contribution in [2.75, 3.05) is 0 Å². The lowest BCUT2D eigenvalue weighted by Crippen LogP contribution is -2.01. The Labute approximate surface area is 286 Å². The summed E-state index contributed by atoms with van der Waals surface area (Å²) in [6.45, 7) is 0. The van der Waals surface area contributed by atoms with Gasteiger partial charge >= 0.3 is 0 Å². The lowest BCUT2D eigenvalue weighted by Gasteiger charge is -2.13. The lowest BCUT2D eigenvalue weighted by atomic mass is 9.97. The summed E-state index contributed by atoms with van der Waals surface area (Å²) in [6, 6.07) is 49.0. The van der Waals surface area contributed by atoms with Crippen LogP contribution in [0.2, 0.25) is 0 Å². The number of para-hydroxylation sites is 2. The zero-order valence-electron chi connectivity index (χ0n) is 26.6. The van der Waals surface area contributed by atoms with Crippen LogP contribution in [0.5, 0.6) is 0 Å². The molecule has 0 fully saturated rings. The van der Waals surface area contributed by atoms with Gasteiger partial charge in [-0.05, 0) is 53.6 Å². The van der Waals surface area contributed by atoms with E-state index in [1.54, 1.807) is 6.20 Å². The van der Waals surface area contributed by atoms with Crippen molar-refractivity contribution in [1.82, 2.24) is 19.9 Å². The van der Waals surface area contributed by atoms with Gasteiger partial charge in [0.1, 0.15) is 22.3 Å². The van der Waals surface area contributed by atoms with Crippen LogP contribution in [-0.2, 0) is 0 Å². The maximum atomic E-state index is 6.67. The second-order valence-corrected chi connectivity index (χ2v) is 12.2.